The van der Waals surface area contributed by atoms with Gasteiger partial charge in [-0.15, -0.1) is 16.8 Å². The minimum atomic E-state index is -0.163. The molecule has 1 aliphatic rings. The fourth-order valence-corrected chi connectivity index (χ4v) is 4.40. The summed E-state index contributed by atoms with van der Waals surface area (Å²) in [6, 6.07) is 5.11. The topological polar surface area (TPSA) is 72.3 Å². The highest BCUT2D eigenvalue weighted by atomic mass is 35.5. The highest BCUT2D eigenvalue weighted by Gasteiger charge is 2.16. The molecule has 0 spiro atoms. The Morgan fingerprint density at radius 3 is 2.87 bits per heavy atom. The van der Waals surface area contributed by atoms with Gasteiger partial charge in [0.1, 0.15) is 11.6 Å². The van der Waals surface area contributed by atoms with Crippen LogP contribution < -0.4 is 10.1 Å². The van der Waals surface area contributed by atoms with Crippen LogP contribution in [0.5, 0.6) is 5.75 Å². The molecule has 162 valence electrons. The zero-order chi connectivity index (χ0) is 21.3. The Hall–Kier alpha value is -2.03. The van der Waals surface area contributed by atoms with Gasteiger partial charge in [0.15, 0.2) is 5.16 Å². The molecule has 0 radical (unpaired) electrons. The molecule has 1 aromatic heterocycles. The zero-order valence-corrected chi connectivity index (χ0v) is 18.8. The van der Waals surface area contributed by atoms with E-state index in [1.807, 2.05) is 10.6 Å². The molecule has 1 saturated heterocycles. The van der Waals surface area contributed by atoms with Gasteiger partial charge in [-0.2, -0.15) is 0 Å². The number of rotatable bonds is 10. The third-order valence-electron chi connectivity index (χ3n) is 4.97. The van der Waals surface area contributed by atoms with Crippen LogP contribution in [0.3, 0.4) is 0 Å². The number of benzene rings is 1. The van der Waals surface area contributed by atoms with Gasteiger partial charge >= 0.3 is 0 Å². The average Bonchev–Trinajstić information content (AvgIpc) is 3.13. The summed E-state index contributed by atoms with van der Waals surface area (Å²) in [4.78, 5) is 14.9. The summed E-state index contributed by atoms with van der Waals surface area (Å²) in [6.07, 6.45) is 6.54. The quantitative estimate of drug-likeness (QED) is 0.438. The molecule has 1 aliphatic heterocycles. The van der Waals surface area contributed by atoms with Crippen LogP contribution in [0.2, 0.25) is 5.02 Å². The van der Waals surface area contributed by atoms with Gasteiger partial charge in [-0.25, -0.2) is 0 Å². The smallest absolute Gasteiger partial charge is 0.234 e. The number of carbonyl (C=O) groups excluding carboxylic acids is 1. The lowest BCUT2D eigenvalue weighted by molar-refractivity contribution is -0.113. The number of nitrogens with zero attached hydrogens (tertiary/aromatic N) is 4. The number of ether oxygens (including phenoxy) is 1. The summed E-state index contributed by atoms with van der Waals surface area (Å²) in [6.45, 7) is 7.76. The van der Waals surface area contributed by atoms with Crippen molar-refractivity contribution in [3.05, 3.63) is 41.7 Å². The van der Waals surface area contributed by atoms with Crippen LogP contribution in [0.15, 0.2) is 36.0 Å². The van der Waals surface area contributed by atoms with E-state index in [2.05, 4.69) is 27.0 Å². The molecule has 1 aromatic carbocycles. The number of allylic oxidation sites excluding steroid dienone is 1. The molecule has 1 N–H and O–H groups in total. The van der Waals surface area contributed by atoms with E-state index in [-0.39, 0.29) is 11.7 Å². The molecule has 9 heteroatoms. The lowest BCUT2D eigenvalue weighted by Gasteiger charge is -2.26. The molecular weight excluding hydrogens is 422 g/mol. The van der Waals surface area contributed by atoms with E-state index in [1.54, 1.807) is 25.3 Å². The van der Waals surface area contributed by atoms with Crippen LogP contribution >= 0.6 is 23.4 Å². The van der Waals surface area contributed by atoms with Gasteiger partial charge in [0.05, 0.1) is 18.6 Å². The Morgan fingerprint density at radius 1 is 1.33 bits per heavy atom. The van der Waals surface area contributed by atoms with E-state index in [0.717, 1.165) is 37.0 Å². The maximum atomic E-state index is 12.5. The number of aromatic nitrogens is 3. The molecule has 1 fully saturated rings. The first-order chi connectivity index (χ1) is 14.6. The predicted molar refractivity (Wildman–Crippen MR) is 122 cm³/mol. The molecule has 2 heterocycles. The van der Waals surface area contributed by atoms with E-state index in [0.29, 0.717) is 23.0 Å². The summed E-state index contributed by atoms with van der Waals surface area (Å²) in [5.41, 5.74) is 0.547. The zero-order valence-electron chi connectivity index (χ0n) is 17.3. The van der Waals surface area contributed by atoms with Crippen molar-refractivity contribution in [1.82, 2.24) is 19.7 Å². The first-order valence-corrected chi connectivity index (χ1v) is 11.5. The van der Waals surface area contributed by atoms with E-state index in [1.165, 1.54) is 31.0 Å². The van der Waals surface area contributed by atoms with Crippen molar-refractivity contribution in [3.63, 3.8) is 0 Å². The lowest BCUT2D eigenvalue weighted by atomic mass is 10.1. The molecule has 0 saturated carbocycles. The number of halogens is 1. The molecule has 0 aliphatic carbocycles. The predicted octanol–water partition coefficient (Wildman–Crippen LogP) is 3.89. The summed E-state index contributed by atoms with van der Waals surface area (Å²) in [5, 5.41) is 12.8. The Bertz CT molecular complexity index is 867. The third kappa shape index (κ3) is 6.23. The molecular formula is C21H28ClN5O2S. The fraction of sp³-hybridized carbons (Fsp3) is 0.476. The summed E-state index contributed by atoms with van der Waals surface area (Å²) >= 11 is 7.38. The van der Waals surface area contributed by atoms with Crippen molar-refractivity contribution in [1.29, 1.82) is 0 Å². The highest BCUT2D eigenvalue weighted by Crippen LogP contribution is 2.28. The highest BCUT2D eigenvalue weighted by molar-refractivity contribution is 7.99. The van der Waals surface area contributed by atoms with Crippen LogP contribution in [-0.4, -0.2) is 58.1 Å². The van der Waals surface area contributed by atoms with Gasteiger partial charge < -0.3 is 19.5 Å². The first-order valence-electron chi connectivity index (χ1n) is 10.1. The standard InChI is InChI=1S/C21H28ClN5O2S/c1-3-10-27-19(9-13-26-11-5-4-6-12-26)24-25-21(27)30-15-20(28)23-17-14-16(22)7-8-18(17)29-2/h3,7-8,14H,1,4-6,9-13,15H2,2H3,(H,23,28). The largest absolute Gasteiger partial charge is 0.495 e. The van der Waals surface area contributed by atoms with Crippen molar-refractivity contribution in [2.24, 2.45) is 0 Å². The second-order valence-electron chi connectivity index (χ2n) is 7.13. The van der Waals surface area contributed by atoms with Crippen molar-refractivity contribution in [3.8, 4) is 5.75 Å². The number of nitrogens with one attached hydrogen (secondary N) is 1. The second kappa shape index (κ2) is 11.4. The molecule has 0 unspecified atom stereocenters. The Balaban J connectivity index is 1.59. The molecule has 0 bridgehead atoms. The van der Waals surface area contributed by atoms with Crippen LogP contribution in [-0.2, 0) is 17.8 Å². The van der Waals surface area contributed by atoms with E-state index >= 15 is 0 Å². The van der Waals surface area contributed by atoms with Gasteiger partial charge in [0.25, 0.3) is 0 Å². The Kier molecular flexibility index (Phi) is 8.60. The molecule has 3 rings (SSSR count). The van der Waals surface area contributed by atoms with Gasteiger partial charge in [-0.1, -0.05) is 35.9 Å². The van der Waals surface area contributed by atoms with E-state index < -0.39 is 0 Å². The SMILES string of the molecule is C=CCn1c(CCN2CCCCC2)nnc1SCC(=O)Nc1cc(Cl)ccc1OC. The number of anilines is 1. The van der Waals surface area contributed by atoms with Gasteiger partial charge in [-0.05, 0) is 44.1 Å². The van der Waals surface area contributed by atoms with Gasteiger partial charge in [-0.3, -0.25) is 4.79 Å². The summed E-state index contributed by atoms with van der Waals surface area (Å²) in [7, 11) is 1.55. The minimum Gasteiger partial charge on any atom is -0.495 e. The normalized spacial score (nSPS) is 14.5. The van der Waals surface area contributed by atoms with Crippen LogP contribution in [0.4, 0.5) is 5.69 Å². The maximum absolute atomic E-state index is 12.5. The Labute approximate surface area is 186 Å². The van der Waals surface area contributed by atoms with Crippen LogP contribution in [0.1, 0.15) is 25.1 Å². The molecule has 1 amide bonds. The molecule has 0 atom stereocenters. The van der Waals surface area contributed by atoms with Crippen molar-refractivity contribution < 1.29 is 9.53 Å². The average molecular weight is 450 g/mol. The van der Waals surface area contributed by atoms with Crippen molar-refractivity contribution in [2.75, 3.05) is 37.8 Å². The fourth-order valence-electron chi connectivity index (χ4n) is 3.46. The number of amides is 1. The molecule has 2 aromatic rings. The monoisotopic (exact) mass is 449 g/mol. The minimum absolute atomic E-state index is 0.163. The molecule has 30 heavy (non-hydrogen) atoms. The van der Waals surface area contributed by atoms with E-state index in [4.69, 9.17) is 16.3 Å². The summed E-state index contributed by atoms with van der Waals surface area (Å²) < 4.78 is 7.31. The molecule has 7 nitrogen and oxygen atoms in total. The summed E-state index contributed by atoms with van der Waals surface area (Å²) in [5.74, 6) is 1.54. The first kappa shape index (κ1) is 22.7. The van der Waals surface area contributed by atoms with Crippen LogP contribution in [0, 0.1) is 0 Å². The van der Waals surface area contributed by atoms with Gasteiger partial charge in [0.2, 0.25) is 5.91 Å². The number of hydrogen-bond donors (Lipinski definition) is 1. The van der Waals surface area contributed by atoms with Crippen molar-refractivity contribution in [2.45, 2.75) is 37.4 Å². The second-order valence-corrected chi connectivity index (χ2v) is 8.51. The Morgan fingerprint density at radius 2 is 2.13 bits per heavy atom. The third-order valence-corrected chi connectivity index (χ3v) is 6.18. The number of hydrogen-bond acceptors (Lipinski definition) is 6. The van der Waals surface area contributed by atoms with Gasteiger partial charge in [0, 0.05) is 24.5 Å². The maximum Gasteiger partial charge on any atom is 0.234 e. The number of thioether (sulfide) groups is 1. The van der Waals surface area contributed by atoms with Crippen molar-refractivity contribution >= 4 is 35.0 Å². The lowest BCUT2D eigenvalue weighted by Crippen LogP contribution is -2.32. The number of carbonyl (C=O) groups is 1. The number of methoxy groups -OCH3 is 1. The van der Waals surface area contributed by atoms with Crippen LogP contribution in [0.25, 0.3) is 0 Å². The van der Waals surface area contributed by atoms with E-state index in [9.17, 15) is 4.79 Å². The number of piperidine rings is 1. The number of likely N-dealkylation sites (tertiary alicyclic amines) is 1.